The molecule has 1 fully saturated rings. The normalized spacial score (nSPS) is 20.0. The third-order valence-corrected chi connectivity index (χ3v) is 1.75. The van der Waals surface area contributed by atoms with Gasteiger partial charge in [-0.2, -0.15) is 0 Å². The van der Waals surface area contributed by atoms with Crippen molar-refractivity contribution >= 4 is 0 Å². The van der Waals surface area contributed by atoms with E-state index in [1.54, 1.807) is 0 Å². The van der Waals surface area contributed by atoms with Crippen LogP contribution in [0.5, 0.6) is 0 Å². The lowest BCUT2D eigenvalue weighted by atomic mass is 10.2. The molecule has 0 unspecified atom stereocenters. The lowest BCUT2D eigenvalue weighted by molar-refractivity contribution is 0.653. The van der Waals surface area contributed by atoms with Gasteiger partial charge in [-0.1, -0.05) is 40.5 Å². The van der Waals surface area contributed by atoms with Gasteiger partial charge in [-0.15, -0.1) is 0 Å². The average molecular weight is 128 g/mol. The summed E-state index contributed by atoms with van der Waals surface area (Å²) in [5.41, 5.74) is 0.750. The van der Waals surface area contributed by atoms with Crippen LogP contribution in [0.1, 0.15) is 53.4 Å². The molecule has 56 valence electrons. The van der Waals surface area contributed by atoms with Crippen molar-refractivity contribution in [2.75, 3.05) is 0 Å². The maximum absolute atomic E-state index is 2.30. The first-order chi connectivity index (χ1) is 4.12. The van der Waals surface area contributed by atoms with Gasteiger partial charge in [-0.3, -0.25) is 0 Å². The van der Waals surface area contributed by atoms with Gasteiger partial charge in [-0.05, 0) is 18.3 Å². The molecule has 1 saturated carbocycles. The predicted molar refractivity (Wildman–Crippen MR) is 43.6 cm³/mol. The third kappa shape index (κ3) is 8.00. The number of rotatable bonds is 1. The fourth-order valence-corrected chi connectivity index (χ4v) is 0.250. The van der Waals surface area contributed by atoms with E-state index in [0.29, 0.717) is 0 Å². The molecule has 0 nitrogen and oxygen atoms in total. The molecule has 0 aromatic carbocycles. The topological polar surface area (TPSA) is 0 Å². The van der Waals surface area contributed by atoms with Gasteiger partial charge in [0.2, 0.25) is 0 Å². The fourth-order valence-electron chi connectivity index (χ4n) is 0.250. The van der Waals surface area contributed by atoms with Crippen molar-refractivity contribution < 1.29 is 0 Å². The van der Waals surface area contributed by atoms with Crippen LogP contribution in [0.4, 0.5) is 0 Å². The molecular formula is C9H20. The molecule has 0 spiro atoms. The molecule has 0 aromatic heterocycles. The molecular weight excluding hydrogens is 108 g/mol. The largest absolute Gasteiger partial charge is 0.0654 e. The highest BCUT2D eigenvalue weighted by atomic mass is 14.4. The minimum Gasteiger partial charge on any atom is -0.0654 e. The first-order valence-electron chi connectivity index (χ1n) is 4.12. The van der Waals surface area contributed by atoms with Gasteiger partial charge < -0.3 is 0 Å². The van der Waals surface area contributed by atoms with Crippen molar-refractivity contribution in [3.8, 4) is 0 Å². The summed E-state index contributed by atoms with van der Waals surface area (Å²) in [4.78, 5) is 0. The highest BCUT2D eigenvalue weighted by Crippen LogP contribution is 2.43. The molecule has 0 saturated heterocycles. The van der Waals surface area contributed by atoms with Gasteiger partial charge in [0.25, 0.3) is 0 Å². The molecule has 0 N–H and O–H groups in total. The Hall–Kier alpha value is 0. The Kier molecular flexibility index (Phi) is 3.92. The van der Waals surface area contributed by atoms with Crippen molar-refractivity contribution in [1.82, 2.24) is 0 Å². The smallest absolute Gasteiger partial charge is 0.0354 e. The van der Waals surface area contributed by atoms with Crippen molar-refractivity contribution in [2.24, 2.45) is 5.41 Å². The van der Waals surface area contributed by atoms with E-state index in [-0.39, 0.29) is 0 Å². The molecule has 1 rings (SSSR count). The summed E-state index contributed by atoms with van der Waals surface area (Å²) in [5, 5.41) is 0. The first-order valence-corrected chi connectivity index (χ1v) is 4.12. The minimum atomic E-state index is 0.750. The van der Waals surface area contributed by atoms with Crippen LogP contribution in [0.15, 0.2) is 0 Å². The van der Waals surface area contributed by atoms with Gasteiger partial charge in [0.05, 0.1) is 0 Å². The van der Waals surface area contributed by atoms with Crippen LogP contribution in [0.2, 0.25) is 0 Å². The predicted octanol–water partition coefficient (Wildman–Crippen LogP) is 3.61. The molecule has 0 heteroatoms. The summed E-state index contributed by atoms with van der Waals surface area (Å²) in [6.07, 6.45) is 5.54. The summed E-state index contributed by atoms with van der Waals surface area (Å²) in [6, 6.07) is 0. The summed E-state index contributed by atoms with van der Waals surface area (Å²) < 4.78 is 0. The molecule has 0 heterocycles. The Labute approximate surface area is 59.7 Å². The lowest BCUT2D eigenvalue weighted by Gasteiger charge is -1.86. The highest BCUT2D eigenvalue weighted by molar-refractivity contribution is 4.82. The SMILES string of the molecule is CC1(C)CC1.CCCC. The summed E-state index contributed by atoms with van der Waals surface area (Å²) >= 11 is 0. The maximum atomic E-state index is 2.30. The van der Waals surface area contributed by atoms with Crippen molar-refractivity contribution in [3.05, 3.63) is 0 Å². The lowest BCUT2D eigenvalue weighted by Crippen LogP contribution is -1.75. The van der Waals surface area contributed by atoms with Gasteiger partial charge in [-0.25, -0.2) is 0 Å². The molecule has 0 aromatic rings. The number of hydrogen-bond acceptors (Lipinski definition) is 0. The third-order valence-electron chi connectivity index (χ3n) is 1.75. The van der Waals surface area contributed by atoms with E-state index >= 15 is 0 Å². The van der Waals surface area contributed by atoms with Crippen LogP contribution < -0.4 is 0 Å². The zero-order chi connectivity index (χ0) is 7.33. The summed E-state index contributed by atoms with van der Waals surface area (Å²) in [7, 11) is 0. The molecule has 0 aliphatic heterocycles. The van der Waals surface area contributed by atoms with E-state index in [1.807, 2.05) is 0 Å². The van der Waals surface area contributed by atoms with Gasteiger partial charge in [0.15, 0.2) is 0 Å². The molecule has 0 radical (unpaired) electrons. The molecule has 9 heavy (non-hydrogen) atoms. The fraction of sp³-hybridized carbons (Fsp3) is 1.00. The Bertz CT molecular complexity index is 54.4. The van der Waals surface area contributed by atoms with E-state index in [4.69, 9.17) is 0 Å². The zero-order valence-electron chi connectivity index (χ0n) is 7.33. The Balaban J connectivity index is 0.000000148. The molecule has 1 aliphatic rings. The Morgan fingerprint density at radius 1 is 1.00 bits per heavy atom. The zero-order valence-corrected chi connectivity index (χ0v) is 7.33. The minimum absolute atomic E-state index is 0.750. The number of unbranched alkanes of at least 4 members (excludes halogenated alkanes) is 1. The van der Waals surface area contributed by atoms with Crippen molar-refractivity contribution in [2.45, 2.75) is 53.4 Å². The second kappa shape index (κ2) is 3.92. The summed E-state index contributed by atoms with van der Waals surface area (Å²) in [5.74, 6) is 0. The van der Waals surface area contributed by atoms with Crippen LogP contribution in [0.25, 0.3) is 0 Å². The van der Waals surface area contributed by atoms with Crippen LogP contribution in [0, 0.1) is 5.41 Å². The van der Waals surface area contributed by atoms with Crippen LogP contribution in [-0.4, -0.2) is 0 Å². The maximum Gasteiger partial charge on any atom is -0.0354 e. The van der Waals surface area contributed by atoms with E-state index in [0.717, 1.165) is 5.41 Å². The van der Waals surface area contributed by atoms with Crippen molar-refractivity contribution in [3.63, 3.8) is 0 Å². The molecule has 1 aliphatic carbocycles. The number of hydrogen-bond donors (Lipinski definition) is 0. The van der Waals surface area contributed by atoms with E-state index in [1.165, 1.54) is 25.7 Å². The van der Waals surface area contributed by atoms with E-state index in [2.05, 4.69) is 27.7 Å². The second-order valence-corrected chi connectivity index (χ2v) is 3.66. The standard InChI is InChI=1S/C5H10.C4H10/c1-5(2)3-4-5;1-3-4-2/h3-4H2,1-2H3;3-4H2,1-2H3. The monoisotopic (exact) mass is 128 g/mol. The van der Waals surface area contributed by atoms with Gasteiger partial charge >= 0.3 is 0 Å². The van der Waals surface area contributed by atoms with Crippen LogP contribution >= 0.6 is 0 Å². The second-order valence-electron chi connectivity index (χ2n) is 3.66. The van der Waals surface area contributed by atoms with Crippen molar-refractivity contribution in [1.29, 1.82) is 0 Å². The quantitative estimate of drug-likeness (QED) is 0.506. The van der Waals surface area contributed by atoms with E-state index in [9.17, 15) is 0 Å². The first kappa shape index (κ1) is 9.00. The summed E-state index contributed by atoms with van der Waals surface area (Å²) in [6.45, 7) is 8.96. The average Bonchev–Trinajstić information content (AvgIpc) is 2.47. The molecule has 0 atom stereocenters. The molecule has 0 amide bonds. The molecule has 0 bridgehead atoms. The Morgan fingerprint density at radius 2 is 1.22 bits per heavy atom. The van der Waals surface area contributed by atoms with Gasteiger partial charge in [0, 0.05) is 0 Å². The van der Waals surface area contributed by atoms with Gasteiger partial charge in [0.1, 0.15) is 0 Å². The van der Waals surface area contributed by atoms with Crippen LogP contribution in [-0.2, 0) is 0 Å². The highest BCUT2D eigenvalue weighted by Gasteiger charge is 2.30. The van der Waals surface area contributed by atoms with Crippen LogP contribution in [0.3, 0.4) is 0 Å². The Morgan fingerprint density at radius 3 is 1.22 bits per heavy atom. The van der Waals surface area contributed by atoms with E-state index < -0.39 is 0 Å².